The Kier molecular flexibility index (Phi) is 3.81. The minimum Gasteiger partial charge on any atom is -0.364 e. The van der Waals surface area contributed by atoms with Gasteiger partial charge in [-0.25, -0.2) is 0 Å². The molecule has 1 aromatic rings. The van der Waals surface area contributed by atoms with Crippen LogP contribution in [0.15, 0.2) is 17.1 Å². The average Bonchev–Trinajstić information content (AvgIpc) is 3.12. The van der Waals surface area contributed by atoms with Gasteiger partial charge < -0.3 is 15.2 Å². The summed E-state index contributed by atoms with van der Waals surface area (Å²) < 4.78 is 0. The minimum absolute atomic E-state index is 0.176. The molecular weight excluding hydrogens is 230 g/mol. The molecule has 1 amide bonds. The quantitative estimate of drug-likeness (QED) is 0.799. The lowest BCUT2D eigenvalue weighted by atomic mass is 10.2. The maximum absolute atomic E-state index is 11.8. The number of aromatic amines is 1. The number of nitrogens with zero attached hydrogens (tertiary/aromatic N) is 1. The number of amides is 1. The smallest absolute Gasteiger partial charge is 0.256 e. The lowest BCUT2D eigenvalue weighted by molar-refractivity contribution is 0.0948. The van der Waals surface area contributed by atoms with E-state index in [1.54, 1.807) is 6.92 Å². The predicted molar refractivity (Wildman–Crippen MR) is 69.8 cm³/mol. The van der Waals surface area contributed by atoms with Crippen LogP contribution >= 0.6 is 0 Å². The first-order valence-electron chi connectivity index (χ1n) is 6.25. The standard InChI is InChI=1S/C13H19N3O2/c1-9-7-12(17)11(8-15-9)13(18)14-5-6-16(2)10-3-4-10/h7-8,10H,3-6H2,1-2H3,(H,14,18)(H,15,17). The Labute approximate surface area is 106 Å². The Morgan fingerprint density at radius 1 is 1.56 bits per heavy atom. The van der Waals surface area contributed by atoms with Gasteiger partial charge in [0.05, 0.1) is 0 Å². The van der Waals surface area contributed by atoms with Gasteiger partial charge in [0.2, 0.25) is 0 Å². The zero-order valence-corrected chi connectivity index (χ0v) is 10.8. The summed E-state index contributed by atoms with van der Waals surface area (Å²) in [6.45, 7) is 3.17. The summed E-state index contributed by atoms with van der Waals surface area (Å²) in [5.41, 5.74) is 0.694. The summed E-state index contributed by atoms with van der Waals surface area (Å²) in [5.74, 6) is -0.305. The summed E-state index contributed by atoms with van der Waals surface area (Å²) in [7, 11) is 2.06. The first-order valence-corrected chi connectivity index (χ1v) is 6.25. The zero-order chi connectivity index (χ0) is 13.1. The van der Waals surface area contributed by atoms with E-state index in [9.17, 15) is 9.59 Å². The first-order chi connectivity index (χ1) is 8.58. The molecule has 5 heteroatoms. The van der Waals surface area contributed by atoms with Gasteiger partial charge >= 0.3 is 0 Å². The molecule has 5 nitrogen and oxygen atoms in total. The third kappa shape index (κ3) is 3.20. The zero-order valence-electron chi connectivity index (χ0n) is 10.8. The second-order valence-corrected chi connectivity index (χ2v) is 4.86. The van der Waals surface area contributed by atoms with Crippen LogP contribution in [0.5, 0.6) is 0 Å². The second kappa shape index (κ2) is 5.35. The molecule has 2 rings (SSSR count). The molecule has 1 aliphatic carbocycles. The number of carbonyl (C=O) groups excluding carboxylic acids is 1. The van der Waals surface area contributed by atoms with E-state index in [4.69, 9.17) is 0 Å². The maximum atomic E-state index is 11.8. The van der Waals surface area contributed by atoms with Crippen molar-refractivity contribution < 1.29 is 4.79 Å². The van der Waals surface area contributed by atoms with Crippen molar-refractivity contribution in [3.8, 4) is 0 Å². The molecule has 0 atom stereocenters. The van der Waals surface area contributed by atoms with Crippen molar-refractivity contribution in [1.82, 2.24) is 15.2 Å². The minimum atomic E-state index is -0.305. The number of aryl methyl sites for hydroxylation is 1. The Morgan fingerprint density at radius 2 is 2.28 bits per heavy atom. The monoisotopic (exact) mass is 249 g/mol. The SMILES string of the molecule is Cc1cc(=O)c(C(=O)NCCN(C)C2CC2)c[nH]1. The fraction of sp³-hybridized carbons (Fsp3) is 0.538. The Balaban J connectivity index is 1.85. The van der Waals surface area contributed by atoms with Crippen molar-refractivity contribution in [3.63, 3.8) is 0 Å². The lowest BCUT2D eigenvalue weighted by Gasteiger charge is -2.15. The van der Waals surface area contributed by atoms with Gasteiger partial charge in [-0.15, -0.1) is 0 Å². The van der Waals surface area contributed by atoms with Gasteiger partial charge in [0.25, 0.3) is 5.91 Å². The van der Waals surface area contributed by atoms with Crippen LogP contribution in [0.3, 0.4) is 0 Å². The normalized spacial score (nSPS) is 14.8. The highest BCUT2D eigenvalue weighted by atomic mass is 16.2. The molecule has 1 aromatic heterocycles. The molecule has 0 unspecified atom stereocenters. The van der Waals surface area contributed by atoms with E-state index in [0.29, 0.717) is 12.6 Å². The van der Waals surface area contributed by atoms with E-state index < -0.39 is 0 Å². The molecule has 18 heavy (non-hydrogen) atoms. The summed E-state index contributed by atoms with van der Waals surface area (Å²) in [4.78, 5) is 28.5. The Hall–Kier alpha value is -1.62. The van der Waals surface area contributed by atoms with Gasteiger partial charge in [0, 0.05) is 37.1 Å². The second-order valence-electron chi connectivity index (χ2n) is 4.86. The third-order valence-electron chi connectivity index (χ3n) is 3.22. The largest absolute Gasteiger partial charge is 0.364 e. The van der Waals surface area contributed by atoms with Crippen molar-refractivity contribution in [3.05, 3.63) is 33.7 Å². The van der Waals surface area contributed by atoms with Gasteiger partial charge in [-0.3, -0.25) is 9.59 Å². The van der Waals surface area contributed by atoms with Crippen LogP contribution in [0.25, 0.3) is 0 Å². The number of aromatic nitrogens is 1. The Bertz CT molecular complexity index is 491. The Morgan fingerprint density at radius 3 is 2.89 bits per heavy atom. The number of rotatable bonds is 5. The molecule has 1 heterocycles. The van der Waals surface area contributed by atoms with Crippen LogP contribution in [0.4, 0.5) is 0 Å². The number of hydrogen-bond donors (Lipinski definition) is 2. The van der Waals surface area contributed by atoms with E-state index in [0.717, 1.165) is 12.2 Å². The van der Waals surface area contributed by atoms with E-state index in [1.165, 1.54) is 25.1 Å². The molecule has 0 spiro atoms. The first kappa shape index (κ1) is 12.8. The molecule has 2 N–H and O–H groups in total. The van der Waals surface area contributed by atoms with Crippen LogP contribution < -0.4 is 10.7 Å². The van der Waals surface area contributed by atoms with Gasteiger partial charge in [0.15, 0.2) is 5.43 Å². The summed E-state index contributed by atoms with van der Waals surface area (Å²) in [5, 5.41) is 2.77. The van der Waals surface area contributed by atoms with E-state index in [1.807, 2.05) is 0 Å². The lowest BCUT2D eigenvalue weighted by Crippen LogP contribution is -2.35. The third-order valence-corrected chi connectivity index (χ3v) is 3.22. The average molecular weight is 249 g/mol. The number of H-pyrrole nitrogens is 1. The van der Waals surface area contributed by atoms with Crippen LogP contribution in [0.2, 0.25) is 0 Å². The van der Waals surface area contributed by atoms with Crippen molar-refractivity contribution in [1.29, 1.82) is 0 Å². The highest BCUT2D eigenvalue weighted by Gasteiger charge is 2.25. The van der Waals surface area contributed by atoms with E-state index in [2.05, 4.69) is 22.2 Å². The highest BCUT2D eigenvalue weighted by Crippen LogP contribution is 2.24. The van der Waals surface area contributed by atoms with Gasteiger partial charge in [-0.1, -0.05) is 0 Å². The number of nitrogens with one attached hydrogen (secondary N) is 2. The number of hydrogen-bond acceptors (Lipinski definition) is 3. The van der Waals surface area contributed by atoms with Gasteiger partial charge in [-0.05, 0) is 26.8 Å². The van der Waals surface area contributed by atoms with Crippen LogP contribution in [0.1, 0.15) is 28.9 Å². The molecule has 0 radical (unpaired) electrons. The van der Waals surface area contributed by atoms with Crippen LogP contribution in [-0.2, 0) is 0 Å². The molecule has 1 fully saturated rings. The van der Waals surface area contributed by atoms with Crippen molar-refractivity contribution in [2.45, 2.75) is 25.8 Å². The molecular formula is C13H19N3O2. The molecule has 1 saturated carbocycles. The molecule has 0 aliphatic heterocycles. The van der Waals surface area contributed by atoms with E-state index >= 15 is 0 Å². The topological polar surface area (TPSA) is 65.2 Å². The van der Waals surface area contributed by atoms with Crippen LogP contribution in [0, 0.1) is 6.92 Å². The molecule has 0 aromatic carbocycles. The van der Waals surface area contributed by atoms with Crippen molar-refractivity contribution >= 4 is 5.91 Å². The number of pyridine rings is 1. The highest BCUT2D eigenvalue weighted by molar-refractivity contribution is 5.93. The summed E-state index contributed by atoms with van der Waals surface area (Å²) in [6.07, 6.45) is 3.97. The van der Waals surface area contributed by atoms with Crippen molar-refractivity contribution in [2.75, 3.05) is 20.1 Å². The van der Waals surface area contributed by atoms with Crippen LogP contribution in [-0.4, -0.2) is 42.0 Å². The fourth-order valence-electron chi connectivity index (χ4n) is 1.89. The summed E-state index contributed by atoms with van der Waals surface area (Å²) >= 11 is 0. The molecule has 0 bridgehead atoms. The summed E-state index contributed by atoms with van der Waals surface area (Å²) in [6, 6.07) is 2.12. The molecule has 0 saturated heterocycles. The molecule has 1 aliphatic rings. The van der Waals surface area contributed by atoms with Gasteiger partial charge in [0.1, 0.15) is 5.56 Å². The fourth-order valence-corrected chi connectivity index (χ4v) is 1.89. The predicted octanol–water partition coefficient (Wildman–Crippen LogP) is 0.507. The molecule has 98 valence electrons. The number of carbonyl (C=O) groups is 1. The number of likely N-dealkylation sites (N-methyl/N-ethyl adjacent to an activating group) is 1. The van der Waals surface area contributed by atoms with Gasteiger partial charge in [-0.2, -0.15) is 0 Å². The van der Waals surface area contributed by atoms with Crippen molar-refractivity contribution in [2.24, 2.45) is 0 Å². The maximum Gasteiger partial charge on any atom is 0.256 e. The van der Waals surface area contributed by atoms with E-state index in [-0.39, 0.29) is 16.9 Å².